The summed E-state index contributed by atoms with van der Waals surface area (Å²) in [4.78, 5) is 9.31. The first-order chi connectivity index (χ1) is 9.74. The van der Waals surface area contributed by atoms with Gasteiger partial charge in [0.2, 0.25) is 0 Å². The van der Waals surface area contributed by atoms with Crippen molar-refractivity contribution >= 4 is 5.65 Å². The summed E-state index contributed by atoms with van der Waals surface area (Å²) in [7, 11) is 0. The van der Waals surface area contributed by atoms with Gasteiger partial charge in [0, 0.05) is 51.7 Å². The van der Waals surface area contributed by atoms with Gasteiger partial charge in [-0.05, 0) is 12.1 Å². The molecule has 0 bridgehead atoms. The van der Waals surface area contributed by atoms with Crippen LogP contribution in [0.5, 0.6) is 0 Å². The van der Waals surface area contributed by atoms with Gasteiger partial charge in [-0.1, -0.05) is 6.08 Å². The summed E-state index contributed by atoms with van der Waals surface area (Å²) in [6.45, 7) is 9.76. The molecule has 0 aromatic carbocycles. The van der Waals surface area contributed by atoms with Gasteiger partial charge < -0.3 is 4.40 Å². The molecular formula is C15H19FN4. The number of halogens is 1. The van der Waals surface area contributed by atoms with E-state index < -0.39 is 0 Å². The van der Waals surface area contributed by atoms with Crippen molar-refractivity contribution in [1.82, 2.24) is 19.2 Å². The third kappa shape index (κ3) is 2.89. The van der Waals surface area contributed by atoms with E-state index in [-0.39, 0.29) is 5.82 Å². The van der Waals surface area contributed by atoms with E-state index in [4.69, 9.17) is 0 Å². The zero-order valence-electron chi connectivity index (χ0n) is 11.5. The van der Waals surface area contributed by atoms with Crippen LogP contribution in [-0.4, -0.2) is 51.9 Å². The fraction of sp³-hybridized carbons (Fsp3) is 0.400. The fourth-order valence-electron chi connectivity index (χ4n) is 2.64. The second-order valence-electron chi connectivity index (χ2n) is 5.21. The van der Waals surface area contributed by atoms with Gasteiger partial charge in [0.15, 0.2) is 0 Å². The molecule has 4 nitrogen and oxygen atoms in total. The molecule has 5 heteroatoms. The summed E-state index contributed by atoms with van der Waals surface area (Å²) in [6, 6.07) is 3.15. The minimum Gasteiger partial charge on any atom is -0.304 e. The van der Waals surface area contributed by atoms with Crippen molar-refractivity contribution in [1.29, 1.82) is 0 Å². The summed E-state index contributed by atoms with van der Waals surface area (Å²) >= 11 is 0. The summed E-state index contributed by atoms with van der Waals surface area (Å²) in [5.74, 6) is -0.237. The topological polar surface area (TPSA) is 23.8 Å². The average molecular weight is 274 g/mol. The van der Waals surface area contributed by atoms with Gasteiger partial charge in [0.1, 0.15) is 11.5 Å². The molecule has 2 aromatic heterocycles. The molecule has 1 aliphatic rings. The first-order valence-corrected chi connectivity index (χ1v) is 6.93. The molecule has 1 aliphatic heterocycles. The molecule has 0 unspecified atom stereocenters. The Morgan fingerprint density at radius 2 is 1.90 bits per heavy atom. The Kier molecular flexibility index (Phi) is 3.80. The maximum atomic E-state index is 13.1. The Morgan fingerprint density at radius 3 is 2.65 bits per heavy atom. The van der Waals surface area contributed by atoms with E-state index in [0.29, 0.717) is 0 Å². The largest absolute Gasteiger partial charge is 0.304 e. The Morgan fingerprint density at radius 1 is 1.15 bits per heavy atom. The Bertz CT molecular complexity index is 599. The highest BCUT2D eigenvalue weighted by atomic mass is 19.1. The molecule has 0 N–H and O–H groups in total. The second kappa shape index (κ2) is 5.73. The SMILES string of the molecule is C=CCN1CCN(Cc2cn3cc(F)ccc3n2)CC1. The number of fused-ring (bicyclic) bond motifs is 1. The average Bonchev–Trinajstić information content (AvgIpc) is 2.82. The lowest BCUT2D eigenvalue weighted by atomic mass is 10.3. The number of imidazole rings is 1. The van der Waals surface area contributed by atoms with Gasteiger partial charge in [0.05, 0.1) is 5.69 Å². The zero-order chi connectivity index (χ0) is 13.9. The van der Waals surface area contributed by atoms with Crippen LogP contribution in [0.1, 0.15) is 5.69 Å². The summed E-state index contributed by atoms with van der Waals surface area (Å²) < 4.78 is 14.9. The molecule has 1 fully saturated rings. The van der Waals surface area contributed by atoms with Crippen LogP contribution in [0, 0.1) is 5.82 Å². The van der Waals surface area contributed by atoms with Crippen LogP contribution in [0.3, 0.4) is 0 Å². The van der Waals surface area contributed by atoms with Crippen molar-refractivity contribution in [2.45, 2.75) is 6.54 Å². The van der Waals surface area contributed by atoms with Crippen LogP contribution in [0.25, 0.3) is 5.65 Å². The third-order valence-corrected chi connectivity index (χ3v) is 3.70. The van der Waals surface area contributed by atoms with E-state index in [2.05, 4.69) is 21.4 Å². The van der Waals surface area contributed by atoms with Gasteiger partial charge in [0.25, 0.3) is 0 Å². The number of pyridine rings is 1. The molecule has 1 saturated heterocycles. The van der Waals surface area contributed by atoms with Crippen molar-refractivity contribution in [2.75, 3.05) is 32.7 Å². The monoisotopic (exact) mass is 274 g/mol. The molecule has 106 valence electrons. The van der Waals surface area contributed by atoms with E-state index in [9.17, 15) is 4.39 Å². The number of aromatic nitrogens is 2. The predicted octanol–water partition coefficient (Wildman–Crippen LogP) is 1.78. The smallest absolute Gasteiger partial charge is 0.139 e. The molecule has 0 radical (unpaired) electrons. The normalized spacial score (nSPS) is 17.6. The highest BCUT2D eigenvalue weighted by molar-refractivity contribution is 5.39. The molecular weight excluding hydrogens is 255 g/mol. The van der Waals surface area contributed by atoms with Crippen molar-refractivity contribution < 1.29 is 4.39 Å². The van der Waals surface area contributed by atoms with Gasteiger partial charge in [-0.3, -0.25) is 9.80 Å². The number of rotatable bonds is 4. The van der Waals surface area contributed by atoms with E-state index in [0.717, 1.165) is 50.6 Å². The van der Waals surface area contributed by atoms with Crippen LogP contribution in [0.15, 0.2) is 37.2 Å². The van der Waals surface area contributed by atoms with Crippen molar-refractivity contribution in [3.8, 4) is 0 Å². The van der Waals surface area contributed by atoms with Crippen molar-refractivity contribution in [3.05, 3.63) is 48.7 Å². The van der Waals surface area contributed by atoms with Gasteiger partial charge in [-0.2, -0.15) is 0 Å². The highest BCUT2D eigenvalue weighted by Gasteiger charge is 2.16. The van der Waals surface area contributed by atoms with Crippen molar-refractivity contribution in [2.24, 2.45) is 0 Å². The van der Waals surface area contributed by atoms with Gasteiger partial charge in [-0.15, -0.1) is 6.58 Å². The lowest BCUT2D eigenvalue weighted by Gasteiger charge is -2.33. The molecule has 2 aromatic rings. The van der Waals surface area contributed by atoms with Crippen LogP contribution in [0.4, 0.5) is 4.39 Å². The summed E-state index contributed by atoms with van der Waals surface area (Å²) in [5.41, 5.74) is 1.79. The van der Waals surface area contributed by atoms with E-state index in [1.165, 1.54) is 12.3 Å². The molecule has 0 amide bonds. The number of nitrogens with zero attached hydrogens (tertiary/aromatic N) is 4. The van der Waals surface area contributed by atoms with Crippen LogP contribution in [-0.2, 0) is 6.54 Å². The first-order valence-electron chi connectivity index (χ1n) is 6.93. The standard InChI is InChI=1S/C15H19FN4/c1-2-5-18-6-8-19(9-7-18)11-14-12-20-10-13(16)3-4-15(20)17-14/h2-4,10,12H,1,5-9,11H2. The van der Waals surface area contributed by atoms with Crippen LogP contribution >= 0.6 is 0 Å². The minimum atomic E-state index is -0.237. The molecule has 20 heavy (non-hydrogen) atoms. The molecule has 3 rings (SSSR count). The maximum absolute atomic E-state index is 13.1. The minimum absolute atomic E-state index is 0.237. The van der Waals surface area contributed by atoms with Crippen LogP contribution in [0.2, 0.25) is 0 Å². The summed E-state index contributed by atoms with van der Waals surface area (Å²) in [6.07, 6.45) is 5.33. The lowest BCUT2D eigenvalue weighted by molar-refractivity contribution is 0.136. The van der Waals surface area contributed by atoms with Gasteiger partial charge >= 0.3 is 0 Å². The predicted molar refractivity (Wildman–Crippen MR) is 77.1 cm³/mol. The number of piperazine rings is 1. The van der Waals surface area contributed by atoms with Gasteiger partial charge in [-0.25, -0.2) is 9.37 Å². The first kappa shape index (κ1) is 13.3. The second-order valence-corrected chi connectivity index (χ2v) is 5.21. The highest BCUT2D eigenvalue weighted by Crippen LogP contribution is 2.11. The maximum Gasteiger partial charge on any atom is 0.139 e. The summed E-state index contributed by atoms with van der Waals surface area (Å²) in [5, 5.41) is 0. The molecule has 0 atom stereocenters. The van der Waals surface area contributed by atoms with E-state index >= 15 is 0 Å². The Labute approximate surface area is 118 Å². The van der Waals surface area contributed by atoms with E-state index in [1.807, 2.05) is 12.3 Å². The Balaban J connectivity index is 1.64. The lowest BCUT2D eigenvalue weighted by Crippen LogP contribution is -2.45. The molecule has 0 aliphatic carbocycles. The van der Waals surface area contributed by atoms with Crippen LogP contribution < -0.4 is 0 Å². The van der Waals surface area contributed by atoms with Crippen molar-refractivity contribution in [3.63, 3.8) is 0 Å². The third-order valence-electron chi connectivity index (χ3n) is 3.70. The quantitative estimate of drug-likeness (QED) is 0.794. The number of hydrogen-bond donors (Lipinski definition) is 0. The Hall–Kier alpha value is -1.72. The zero-order valence-corrected chi connectivity index (χ0v) is 11.5. The molecule has 0 spiro atoms. The fourth-order valence-corrected chi connectivity index (χ4v) is 2.64. The molecule has 3 heterocycles. The molecule has 0 saturated carbocycles. The van der Waals surface area contributed by atoms with E-state index in [1.54, 1.807) is 10.5 Å². The number of hydrogen-bond acceptors (Lipinski definition) is 3.